The summed E-state index contributed by atoms with van der Waals surface area (Å²) in [7, 11) is 3.43. The molecule has 2 heteroatoms. The molecule has 6 aromatic rings. The van der Waals surface area contributed by atoms with Crippen molar-refractivity contribution in [1.82, 2.24) is 0 Å². The van der Waals surface area contributed by atoms with Crippen LogP contribution in [0.15, 0.2) is 103 Å². The molecule has 1 aliphatic carbocycles. The van der Waals surface area contributed by atoms with E-state index >= 15 is 0 Å². The highest BCUT2D eigenvalue weighted by Gasteiger charge is 2.30. The zero-order valence-corrected chi connectivity index (χ0v) is 21.1. The van der Waals surface area contributed by atoms with Gasteiger partial charge in [0, 0.05) is 0 Å². The number of ether oxygens (including phenoxy) is 2. The van der Waals surface area contributed by atoms with Crippen molar-refractivity contribution in [2.24, 2.45) is 0 Å². The van der Waals surface area contributed by atoms with E-state index in [1.165, 1.54) is 71.6 Å². The van der Waals surface area contributed by atoms with Crippen LogP contribution in [0.5, 0.6) is 11.5 Å². The summed E-state index contributed by atoms with van der Waals surface area (Å²) in [6.07, 6.45) is 0. The minimum Gasteiger partial charge on any atom is -0.497 e. The molecule has 0 saturated carbocycles. The van der Waals surface area contributed by atoms with Crippen molar-refractivity contribution in [2.45, 2.75) is 6.92 Å². The van der Waals surface area contributed by atoms with Gasteiger partial charge in [-0.25, -0.2) is 0 Å². The van der Waals surface area contributed by atoms with Gasteiger partial charge in [-0.05, 0) is 103 Å². The van der Waals surface area contributed by atoms with Crippen molar-refractivity contribution in [3.8, 4) is 56.0 Å². The van der Waals surface area contributed by atoms with Gasteiger partial charge in [0.25, 0.3) is 0 Å². The summed E-state index contributed by atoms with van der Waals surface area (Å²) in [4.78, 5) is 0. The Morgan fingerprint density at radius 3 is 1.54 bits per heavy atom. The third kappa shape index (κ3) is 3.12. The molecule has 0 spiro atoms. The van der Waals surface area contributed by atoms with Crippen LogP contribution in [0, 0.1) is 6.92 Å². The Morgan fingerprint density at radius 1 is 0.459 bits per heavy atom. The maximum atomic E-state index is 5.49. The van der Waals surface area contributed by atoms with Crippen LogP contribution in [-0.4, -0.2) is 14.2 Å². The van der Waals surface area contributed by atoms with Crippen LogP contribution in [-0.2, 0) is 0 Å². The Kier molecular flexibility index (Phi) is 4.84. The lowest BCUT2D eigenvalue weighted by atomic mass is 9.81. The van der Waals surface area contributed by atoms with E-state index in [0.717, 1.165) is 11.5 Å². The third-order valence-corrected chi connectivity index (χ3v) is 7.74. The van der Waals surface area contributed by atoms with Crippen LogP contribution in [0.1, 0.15) is 5.56 Å². The number of hydrogen-bond donors (Lipinski definition) is 0. The van der Waals surface area contributed by atoms with Gasteiger partial charge in [0.05, 0.1) is 14.2 Å². The van der Waals surface area contributed by atoms with Crippen molar-refractivity contribution in [3.63, 3.8) is 0 Å². The predicted octanol–water partition coefficient (Wildman–Crippen LogP) is 9.30. The molecule has 0 aromatic heterocycles. The normalized spacial score (nSPS) is 11.6. The molecule has 0 N–H and O–H groups in total. The minimum absolute atomic E-state index is 0.862. The first-order valence-corrected chi connectivity index (χ1v) is 12.6. The highest BCUT2D eigenvalue weighted by atomic mass is 16.5. The predicted molar refractivity (Wildman–Crippen MR) is 155 cm³/mol. The average molecular weight is 479 g/mol. The van der Waals surface area contributed by atoms with Crippen LogP contribution in [0.25, 0.3) is 66.1 Å². The molecule has 178 valence electrons. The maximum Gasteiger partial charge on any atom is 0.118 e. The van der Waals surface area contributed by atoms with E-state index in [4.69, 9.17) is 9.47 Å². The highest BCUT2D eigenvalue weighted by molar-refractivity contribution is 6.27. The molecule has 37 heavy (non-hydrogen) atoms. The average Bonchev–Trinajstić information content (AvgIpc) is 3.28. The third-order valence-electron chi connectivity index (χ3n) is 7.74. The lowest BCUT2D eigenvalue weighted by Gasteiger charge is -2.22. The number of rotatable bonds is 4. The number of methoxy groups -OCH3 is 2. The smallest absolute Gasteiger partial charge is 0.118 e. The zero-order valence-electron chi connectivity index (χ0n) is 21.1. The summed E-state index contributed by atoms with van der Waals surface area (Å²) in [5.41, 5.74) is 11.4. The molecule has 1 aliphatic rings. The molecule has 2 nitrogen and oxygen atoms in total. The second kappa shape index (κ2) is 8.25. The number of benzene rings is 6. The minimum atomic E-state index is 0.862. The Hall–Kier alpha value is -4.56. The fourth-order valence-electron chi connectivity index (χ4n) is 6.12. The molecule has 7 rings (SSSR count). The molecule has 0 radical (unpaired) electrons. The van der Waals surface area contributed by atoms with Gasteiger partial charge >= 0.3 is 0 Å². The molecule has 0 heterocycles. The SMILES string of the molecule is COc1ccc(-c2c3c(c(-c4ccc(OC)cc4)c4c(C)cccc24)-c2cccc4cccc-3c24)cc1. The van der Waals surface area contributed by atoms with Crippen LogP contribution in [0.4, 0.5) is 0 Å². The van der Waals surface area contributed by atoms with E-state index in [0.29, 0.717) is 0 Å². The van der Waals surface area contributed by atoms with Crippen molar-refractivity contribution < 1.29 is 9.47 Å². The topological polar surface area (TPSA) is 18.5 Å². The number of fused-ring (bicyclic) bond motifs is 4. The quantitative estimate of drug-likeness (QED) is 0.251. The Bertz CT molecular complexity index is 1820. The van der Waals surface area contributed by atoms with Crippen LogP contribution in [0.3, 0.4) is 0 Å². The Labute approximate surface area is 216 Å². The molecular weight excluding hydrogens is 452 g/mol. The van der Waals surface area contributed by atoms with Crippen molar-refractivity contribution in [3.05, 3.63) is 109 Å². The Morgan fingerprint density at radius 2 is 0.973 bits per heavy atom. The molecule has 0 fully saturated rings. The molecule has 0 amide bonds. The molecule has 6 aromatic carbocycles. The van der Waals surface area contributed by atoms with E-state index in [1.807, 2.05) is 0 Å². The molecule has 0 saturated heterocycles. The summed E-state index contributed by atoms with van der Waals surface area (Å²) < 4.78 is 11.0. The first kappa shape index (κ1) is 21.7. The fraction of sp³-hybridized carbons (Fsp3) is 0.0857. The van der Waals surface area contributed by atoms with Gasteiger partial charge in [0.2, 0.25) is 0 Å². The van der Waals surface area contributed by atoms with Crippen molar-refractivity contribution >= 4 is 21.5 Å². The number of aryl methyl sites for hydroxylation is 1. The standard InChI is InChI=1S/C35H26O2/c1-21-7-4-10-27-30(21)33(24-15-19-26(37-3)20-16-24)35-29-12-6-9-22-8-5-11-28(31(22)29)34(35)32(27)23-13-17-25(36-2)18-14-23/h4-20H,1-3H3. The lowest BCUT2D eigenvalue weighted by molar-refractivity contribution is 0.415. The second-order valence-corrected chi connectivity index (χ2v) is 9.66. The van der Waals surface area contributed by atoms with E-state index < -0.39 is 0 Å². The van der Waals surface area contributed by atoms with Crippen molar-refractivity contribution in [2.75, 3.05) is 14.2 Å². The Balaban J connectivity index is 1.71. The summed E-state index contributed by atoms with van der Waals surface area (Å²) >= 11 is 0. The fourth-order valence-corrected chi connectivity index (χ4v) is 6.12. The molecule has 0 bridgehead atoms. The highest BCUT2D eigenvalue weighted by Crippen LogP contribution is 2.58. The van der Waals surface area contributed by atoms with Gasteiger partial charge in [-0.1, -0.05) is 78.9 Å². The first-order valence-electron chi connectivity index (χ1n) is 12.6. The van der Waals surface area contributed by atoms with Gasteiger partial charge in [0.15, 0.2) is 0 Å². The maximum absolute atomic E-state index is 5.49. The summed E-state index contributed by atoms with van der Waals surface area (Å²) in [6.45, 7) is 2.22. The van der Waals surface area contributed by atoms with Gasteiger partial charge in [-0.15, -0.1) is 0 Å². The van der Waals surface area contributed by atoms with Crippen LogP contribution < -0.4 is 9.47 Å². The first-order chi connectivity index (χ1) is 18.2. The molecule has 0 aliphatic heterocycles. The van der Waals surface area contributed by atoms with E-state index in [-0.39, 0.29) is 0 Å². The second-order valence-electron chi connectivity index (χ2n) is 9.66. The lowest BCUT2D eigenvalue weighted by Crippen LogP contribution is -1.95. The molecule has 0 atom stereocenters. The summed E-state index contributed by atoms with van der Waals surface area (Å²) in [5.74, 6) is 1.72. The van der Waals surface area contributed by atoms with Gasteiger partial charge in [-0.2, -0.15) is 0 Å². The number of hydrogen-bond acceptors (Lipinski definition) is 2. The van der Waals surface area contributed by atoms with Gasteiger partial charge in [-0.3, -0.25) is 0 Å². The van der Waals surface area contributed by atoms with Crippen molar-refractivity contribution in [1.29, 1.82) is 0 Å². The van der Waals surface area contributed by atoms with Crippen LogP contribution >= 0.6 is 0 Å². The van der Waals surface area contributed by atoms with E-state index in [9.17, 15) is 0 Å². The molecule has 0 unspecified atom stereocenters. The summed E-state index contributed by atoms with van der Waals surface area (Å²) in [6, 6.07) is 37.1. The van der Waals surface area contributed by atoms with Gasteiger partial charge < -0.3 is 9.47 Å². The monoisotopic (exact) mass is 478 g/mol. The van der Waals surface area contributed by atoms with E-state index in [1.54, 1.807) is 14.2 Å². The zero-order chi connectivity index (χ0) is 25.1. The van der Waals surface area contributed by atoms with E-state index in [2.05, 4.69) is 110 Å². The molecular formula is C35H26O2. The summed E-state index contributed by atoms with van der Waals surface area (Å²) in [5, 5.41) is 5.16. The van der Waals surface area contributed by atoms with Crippen LogP contribution in [0.2, 0.25) is 0 Å². The van der Waals surface area contributed by atoms with Gasteiger partial charge in [0.1, 0.15) is 11.5 Å². The largest absolute Gasteiger partial charge is 0.497 e.